The van der Waals surface area contributed by atoms with E-state index in [9.17, 15) is 45.5 Å². The number of rotatable bonds is 13. The number of nitrogens with zero attached hydrogens (tertiary/aromatic N) is 4. The molecule has 1 fully saturated rings. The molecule has 4 aromatic carbocycles. The number of halogens is 4. The lowest BCUT2D eigenvalue weighted by molar-refractivity contribution is -0.137. The highest BCUT2D eigenvalue weighted by Gasteiger charge is 2.38. The number of fused-ring (bicyclic) bond motifs is 1. The number of hydrogen-bond donors (Lipinski definition) is 4. The standard InChI is InChI=1S/C41H39F4N7O6S/c1-40(56,39(55)48-29-9-8-27(24-46)34(23-29)41(43,44)45)25-59(57,58)30-12-10-28(11-13-30)47-15-4-16-51-17-19-52(20-18-51)38(54)33-21-26(7-14-35(33)42)22-36-31-5-2-3-6-32(31)37(53)50-49-36/h2-3,5-14,21,23,47,56H,4,15-20,22,25H2,1H3,(H,48,55)(H,50,53). The first-order valence-electron chi connectivity index (χ1n) is 18.4. The monoisotopic (exact) mass is 833 g/mol. The van der Waals surface area contributed by atoms with Crippen molar-refractivity contribution in [3.8, 4) is 6.07 Å². The fourth-order valence-corrected chi connectivity index (χ4v) is 8.33. The number of aliphatic hydroxyl groups is 1. The van der Waals surface area contributed by atoms with Crippen molar-refractivity contribution in [1.29, 1.82) is 5.26 Å². The summed E-state index contributed by atoms with van der Waals surface area (Å²) in [6.45, 7) is 4.13. The minimum Gasteiger partial charge on any atom is -0.385 e. The predicted molar refractivity (Wildman–Crippen MR) is 211 cm³/mol. The summed E-state index contributed by atoms with van der Waals surface area (Å²) in [5.41, 5.74) is -3.32. The van der Waals surface area contributed by atoms with Crippen LogP contribution in [0.25, 0.3) is 10.8 Å². The highest BCUT2D eigenvalue weighted by molar-refractivity contribution is 7.91. The summed E-state index contributed by atoms with van der Waals surface area (Å²) >= 11 is 0. The number of amides is 2. The van der Waals surface area contributed by atoms with E-state index in [4.69, 9.17) is 5.26 Å². The van der Waals surface area contributed by atoms with Gasteiger partial charge in [-0.2, -0.15) is 23.5 Å². The summed E-state index contributed by atoms with van der Waals surface area (Å²) in [5, 5.41) is 32.9. The van der Waals surface area contributed by atoms with Crippen molar-refractivity contribution in [2.75, 3.05) is 55.7 Å². The Bertz CT molecular complexity index is 2580. The molecule has 1 saturated heterocycles. The van der Waals surface area contributed by atoms with E-state index in [0.717, 1.165) is 19.1 Å². The maximum atomic E-state index is 14.9. The van der Waals surface area contributed by atoms with Gasteiger partial charge in [0.15, 0.2) is 15.4 Å². The van der Waals surface area contributed by atoms with Crippen LogP contribution in [0.2, 0.25) is 0 Å². The Kier molecular flexibility index (Phi) is 12.5. The van der Waals surface area contributed by atoms with Crippen molar-refractivity contribution in [1.82, 2.24) is 20.0 Å². The lowest BCUT2D eigenvalue weighted by Crippen LogP contribution is -2.49. The molecule has 1 unspecified atom stereocenters. The molecule has 308 valence electrons. The molecular weight excluding hydrogens is 795 g/mol. The smallest absolute Gasteiger partial charge is 0.385 e. The van der Waals surface area contributed by atoms with E-state index in [0.29, 0.717) is 79.5 Å². The van der Waals surface area contributed by atoms with Crippen molar-refractivity contribution >= 4 is 43.8 Å². The second-order valence-electron chi connectivity index (χ2n) is 14.3. The Morgan fingerprint density at radius 1 is 0.949 bits per heavy atom. The van der Waals surface area contributed by atoms with Crippen molar-refractivity contribution in [3.63, 3.8) is 0 Å². The number of anilines is 2. The number of aromatic nitrogens is 2. The number of piperazine rings is 1. The summed E-state index contributed by atoms with van der Waals surface area (Å²) in [4.78, 5) is 42.0. The molecular formula is C41H39F4N7O6S. The van der Waals surface area contributed by atoms with Crippen molar-refractivity contribution in [3.05, 3.63) is 129 Å². The van der Waals surface area contributed by atoms with Gasteiger partial charge in [-0.3, -0.25) is 19.3 Å². The number of carbonyl (C=O) groups excluding carboxylic acids is 2. The summed E-state index contributed by atoms with van der Waals surface area (Å²) in [5.74, 6) is -3.35. The molecule has 0 radical (unpaired) electrons. The van der Waals surface area contributed by atoms with Crippen LogP contribution in [0, 0.1) is 17.1 Å². The lowest BCUT2D eigenvalue weighted by Gasteiger charge is -2.35. The van der Waals surface area contributed by atoms with Crippen molar-refractivity contribution in [2.45, 2.75) is 36.4 Å². The molecule has 4 N–H and O–H groups in total. The first kappa shape index (κ1) is 42.4. The van der Waals surface area contributed by atoms with E-state index < -0.39 is 56.1 Å². The molecule has 1 aromatic heterocycles. The van der Waals surface area contributed by atoms with Crippen molar-refractivity contribution in [2.24, 2.45) is 0 Å². The quantitative estimate of drug-likeness (QED) is 0.0932. The number of benzene rings is 4. The third-order valence-electron chi connectivity index (χ3n) is 9.92. The number of hydrogen-bond acceptors (Lipinski definition) is 10. The fraction of sp³-hybridized carbons (Fsp3) is 0.293. The normalized spacial score (nSPS) is 14.7. The molecule has 6 rings (SSSR count). The van der Waals surface area contributed by atoms with Crippen LogP contribution >= 0.6 is 0 Å². The van der Waals surface area contributed by atoms with Gasteiger partial charge in [-0.15, -0.1) is 0 Å². The molecule has 13 nitrogen and oxygen atoms in total. The third kappa shape index (κ3) is 10.1. The maximum absolute atomic E-state index is 14.9. The van der Waals surface area contributed by atoms with Gasteiger partial charge in [-0.1, -0.05) is 24.3 Å². The molecule has 0 aliphatic carbocycles. The number of nitriles is 1. The summed E-state index contributed by atoms with van der Waals surface area (Å²) < 4.78 is 81.2. The lowest BCUT2D eigenvalue weighted by atomic mass is 10.0. The number of aromatic amines is 1. The Hall–Kier alpha value is -6.16. The van der Waals surface area contributed by atoms with E-state index in [1.807, 2.05) is 0 Å². The molecule has 2 heterocycles. The molecule has 1 aliphatic rings. The fourth-order valence-electron chi connectivity index (χ4n) is 6.74. The number of H-pyrrole nitrogens is 1. The van der Waals surface area contributed by atoms with Gasteiger partial charge in [0, 0.05) is 55.9 Å². The average molecular weight is 834 g/mol. The van der Waals surface area contributed by atoms with Gasteiger partial charge in [0.25, 0.3) is 17.4 Å². The molecule has 0 saturated carbocycles. The highest BCUT2D eigenvalue weighted by Crippen LogP contribution is 2.34. The third-order valence-corrected chi connectivity index (χ3v) is 11.9. The predicted octanol–water partition coefficient (Wildman–Crippen LogP) is 4.97. The molecule has 5 aromatic rings. The molecule has 18 heteroatoms. The Morgan fingerprint density at radius 2 is 1.63 bits per heavy atom. The Morgan fingerprint density at radius 3 is 2.31 bits per heavy atom. The van der Waals surface area contributed by atoms with Gasteiger partial charge >= 0.3 is 6.18 Å². The second kappa shape index (κ2) is 17.4. The van der Waals surface area contributed by atoms with Crippen molar-refractivity contribution < 1.29 is 40.7 Å². The van der Waals surface area contributed by atoms with Gasteiger partial charge in [0.1, 0.15) is 5.82 Å². The van der Waals surface area contributed by atoms with E-state index in [-0.39, 0.29) is 28.1 Å². The van der Waals surface area contributed by atoms with Crippen LogP contribution in [0.5, 0.6) is 0 Å². The molecule has 1 aliphatic heterocycles. The van der Waals surface area contributed by atoms with Gasteiger partial charge in [-0.05, 0) is 86.1 Å². The molecule has 2 amide bonds. The molecule has 0 bridgehead atoms. The van der Waals surface area contributed by atoms with Crippen LogP contribution in [-0.2, 0) is 27.2 Å². The largest absolute Gasteiger partial charge is 0.417 e. The summed E-state index contributed by atoms with van der Waals surface area (Å²) in [6.07, 6.45) is -3.89. The van der Waals surface area contributed by atoms with Crippen LogP contribution in [0.4, 0.5) is 28.9 Å². The number of carbonyl (C=O) groups is 2. The zero-order valence-corrected chi connectivity index (χ0v) is 32.5. The zero-order valence-electron chi connectivity index (χ0n) is 31.6. The Labute approximate surface area is 336 Å². The first-order valence-corrected chi connectivity index (χ1v) is 20.1. The van der Waals surface area contributed by atoms with Crippen LogP contribution < -0.4 is 16.2 Å². The minimum absolute atomic E-state index is 0.0331. The van der Waals surface area contributed by atoms with Crippen LogP contribution in [0.15, 0.2) is 94.6 Å². The summed E-state index contributed by atoms with van der Waals surface area (Å²) in [6, 6.07) is 20.9. The minimum atomic E-state index is -4.89. The van der Waals surface area contributed by atoms with Gasteiger partial charge in [-0.25, -0.2) is 17.9 Å². The first-order chi connectivity index (χ1) is 27.9. The number of nitrogens with one attached hydrogen (secondary N) is 3. The average Bonchev–Trinajstić information content (AvgIpc) is 3.20. The van der Waals surface area contributed by atoms with Crippen LogP contribution in [0.3, 0.4) is 0 Å². The van der Waals surface area contributed by atoms with Gasteiger partial charge < -0.3 is 20.6 Å². The molecule has 0 spiro atoms. The van der Waals surface area contributed by atoms with E-state index in [1.165, 1.54) is 42.5 Å². The molecule has 1 atom stereocenters. The van der Waals surface area contributed by atoms with Gasteiger partial charge in [0.05, 0.1) is 44.5 Å². The zero-order chi connectivity index (χ0) is 42.5. The highest BCUT2D eigenvalue weighted by atomic mass is 32.2. The van der Waals surface area contributed by atoms with E-state index in [2.05, 4.69) is 25.7 Å². The van der Waals surface area contributed by atoms with E-state index in [1.54, 1.807) is 35.2 Å². The number of alkyl halides is 3. The van der Waals surface area contributed by atoms with Crippen LogP contribution in [-0.4, -0.2) is 96.0 Å². The second-order valence-corrected chi connectivity index (χ2v) is 16.3. The summed E-state index contributed by atoms with van der Waals surface area (Å²) in [7, 11) is -4.24. The maximum Gasteiger partial charge on any atom is 0.417 e. The molecule has 59 heavy (non-hydrogen) atoms. The van der Waals surface area contributed by atoms with Crippen LogP contribution in [0.1, 0.15) is 46.1 Å². The Balaban J connectivity index is 0.953. The topological polar surface area (TPSA) is 189 Å². The SMILES string of the molecule is CC(O)(CS(=O)(=O)c1ccc(NCCCN2CCN(C(=O)c3cc(Cc4n[nH]c(=O)c5ccccc45)ccc3F)CC2)cc1)C(=O)Nc1ccc(C#N)c(C(F)(F)F)c1. The van der Waals surface area contributed by atoms with E-state index >= 15 is 0 Å². The van der Waals surface area contributed by atoms with Gasteiger partial charge in [0.2, 0.25) is 0 Å². The number of sulfone groups is 1.